The summed E-state index contributed by atoms with van der Waals surface area (Å²) in [5.74, 6) is -1.03. The maximum atomic E-state index is 13.6. The number of halogens is 5. The van der Waals surface area contributed by atoms with Gasteiger partial charge in [0.25, 0.3) is 5.91 Å². The summed E-state index contributed by atoms with van der Waals surface area (Å²) in [5, 5.41) is 17.4. The third kappa shape index (κ3) is 5.45. The Morgan fingerprint density at radius 1 is 1.05 bits per heavy atom. The minimum absolute atomic E-state index is 0.256. The number of aryl methyl sites for hydroxylation is 1. The Labute approximate surface area is 239 Å². The Kier molecular flexibility index (Phi) is 7.63. The van der Waals surface area contributed by atoms with Gasteiger partial charge in [0.2, 0.25) is 0 Å². The third-order valence-corrected chi connectivity index (χ3v) is 7.64. The molecule has 0 saturated carbocycles. The second-order valence-electron chi connectivity index (χ2n) is 9.69. The average Bonchev–Trinajstić information content (AvgIpc) is 3.33. The molecule has 4 aromatic rings. The van der Waals surface area contributed by atoms with E-state index in [1.54, 1.807) is 67.6 Å². The number of carbonyl (C=O) groups excluding carboxylic acids is 1. The van der Waals surface area contributed by atoms with Gasteiger partial charge in [0, 0.05) is 32.6 Å². The smallest absolute Gasteiger partial charge is 0.322 e. The highest BCUT2D eigenvalue weighted by Gasteiger charge is 2.39. The van der Waals surface area contributed by atoms with Crippen LogP contribution in [0.4, 0.5) is 18.9 Å². The molecule has 1 amide bonds. The monoisotopic (exact) mass is 582 g/mol. The van der Waals surface area contributed by atoms with Crippen LogP contribution in [-0.4, -0.2) is 15.7 Å². The number of fused-ring (bicyclic) bond motifs is 1. The fourth-order valence-electron chi connectivity index (χ4n) is 5.03. The van der Waals surface area contributed by atoms with Crippen molar-refractivity contribution in [1.29, 1.82) is 5.26 Å². The number of nitriles is 1. The van der Waals surface area contributed by atoms with Crippen LogP contribution in [0.3, 0.4) is 0 Å². The van der Waals surface area contributed by atoms with Crippen molar-refractivity contribution in [2.45, 2.75) is 44.7 Å². The van der Waals surface area contributed by atoms with Gasteiger partial charge in [-0.1, -0.05) is 41.4 Å². The first-order valence-electron chi connectivity index (χ1n) is 12.6. The summed E-state index contributed by atoms with van der Waals surface area (Å²) in [6.45, 7) is 1.80. The highest BCUT2D eigenvalue weighted by Crippen LogP contribution is 2.37. The average molecular weight is 583 g/mol. The van der Waals surface area contributed by atoms with Crippen LogP contribution in [0.2, 0.25) is 10.0 Å². The highest BCUT2D eigenvalue weighted by molar-refractivity contribution is 6.32. The number of nitrogens with one attached hydrogen (secondary N) is 1. The number of rotatable bonds is 5. The molecule has 0 bridgehead atoms. The molecule has 5 rings (SSSR count). The van der Waals surface area contributed by atoms with E-state index >= 15 is 0 Å². The van der Waals surface area contributed by atoms with E-state index in [1.165, 1.54) is 4.68 Å². The molecular weight excluding hydrogens is 560 g/mol. The van der Waals surface area contributed by atoms with E-state index in [1.807, 2.05) is 0 Å². The van der Waals surface area contributed by atoms with E-state index in [4.69, 9.17) is 23.2 Å². The largest absolute Gasteiger partial charge is 0.435 e. The molecule has 1 heterocycles. The van der Waals surface area contributed by atoms with Gasteiger partial charge in [0.1, 0.15) is 0 Å². The topological polar surface area (TPSA) is 70.7 Å². The van der Waals surface area contributed by atoms with Gasteiger partial charge in [0.05, 0.1) is 17.7 Å². The van der Waals surface area contributed by atoms with Crippen LogP contribution in [0, 0.1) is 18.3 Å². The third-order valence-electron chi connectivity index (χ3n) is 7.06. The zero-order valence-electron chi connectivity index (χ0n) is 21.3. The van der Waals surface area contributed by atoms with E-state index in [9.17, 15) is 23.2 Å². The number of nitrogens with zero attached hydrogens (tertiary/aromatic N) is 3. The molecule has 204 valence electrons. The van der Waals surface area contributed by atoms with Gasteiger partial charge < -0.3 is 5.32 Å². The van der Waals surface area contributed by atoms with Gasteiger partial charge in [0.15, 0.2) is 5.69 Å². The van der Waals surface area contributed by atoms with Crippen LogP contribution in [0.15, 0.2) is 60.7 Å². The van der Waals surface area contributed by atoms with Crippen molar-refractivity contribution in [2.24, 2.45) is 0 Å². The molecule has 40 heavy (non-hydrogen) atoms. The number of hydrogen-bond donors (Lipinski definition) is 1. The minimum Gasteiger partial charge on any atom is -0.322 e. The number of benzene rings is 3. The van der Waals surface area contributed by atoms with Crippen LogP contribution in [-0.2, 0) is 19.0 Å². The summed E-state index contributed by atoms with van der Waals surface area (Å²) in [6.07, 6.45) is -2.17. The molecule has 1 aromatic heterocycles. The molecule has 0 saturated heterocycles. The summed E-state index contributed by atoms with van der Waals surface area (Å²) in [6, 6.07) is 18.9. The fourth-order valence-corrected chi connectivity index (χ4v) is 5.43. The van der Waals surface area contributed by atoms with Crippen molar-refractivity contribution in [3.05, 3.63) is 110 Å². The predicted octanol–water partition coefficient (Wildman–Crippen LogP) is 8.29. The number of alkyl halides is 3. The van der Waals surface area contributed by atoms with Crippen molar-refractivity contribution >= 4 is 34.8 Å². The molecule has 1 unspecified atom stereocenters. The zero-order valence-corrected chi connectivity index (χ0v) is 22.8. The maximum absolute atomic E-state index is 13.6. The van der Waals surface area contributed by atoms with Crippen molar-refractivity contribution in [3.63, 3.8) is 0 Å². The van der Waals surface area contributed by atoms with E-state index in [2.05, 4.69) is 16.5 Å². The Morgan fingerprint density at radius 2 is 1.73 bits per heavy atom. The second kappa shape index (κ2) is 11.0. The first-order valence-corrected chi connectivity index (χ1v) is 13.4. The van der Waals surface area contributed by atoms with Crippen molar-refractivity contribution in [3.8, 4) is 11.8 Å². The van der Waals surface area contributed by atoms with Gasteiger partial charge in [-0.15, -0.1) is 0 Å². The zero-order chi connectivity index (χ0) is 28.6. The van der Waals surface area contributed by atoms with Crippen LogP contribution in [0.1, 0.15) is 62.8 Å². The summed E-state index contributed by atoms with van der Waals surface area (Å²) in [7, 11) is 0. The Bertz CT molecular complexity index is 1620. The lowest BCUT2D eigenvalue weighted by atomic mass is 9.91. The molecule has 3 aromatic carbocycles. The van der Waals surface area contributed by atoms with Crippen LogP contribution >= 0.6 is 23.2 Å². The summed E-state index contributed by atoms with van der Waals surface area (Å²) >= 11 is 12.5. The maximum Gasteiger partial charge on any atom is 0.435 e. The second-order valence-corrected chi connectivity index (χ2v) is 10.5. The lowest BCUT2D eigenvalue weighted by molar-refractivity contribution is -0.142. The van der Waals surface area contributed by atoms with Crippen molar-refractivity contribution in [2.75, 3.05) is 5.32 Å². The SMILES string of the molecule is Cc1cc(C(C#N)c2ccc(Cl)cc2)c(Cl)cc1NC(=O)c1ccc(-n2nc(C(F)(F)F)c3c2CCCC3)cc1. The summed E-state index contributed by atoms with van der Waals surface area (Å²) in [4.78, 5) is 13.0. The Balaban J connectivity index is 1.37. The number of carbonyl (C=O) groups is 1. The fraction of sp³-hybridized carbons (Fsp3) is 0.233. The molecular formula is C30H23Cl2F3N4O. The lowest BCUT2D eigenvalue weighted by Gasteiger charge is -2.16. The van der Waals surface area contributed by atoms with E-state index in [-0.39, 0.29) is 5.56 Å². The molecule has 0 fully saturated rings. The molecule has 0 spiro atoms. The van der Waals surface area contributed by atoms with Gasteiger partial charge in [-0.2, -0.15) is 23.5 Å². The summed E-state index contributed by atoms with van der Waals surface area (Å²) in [5.41, 5.74) is 3.29. The minimum atomic E-state index is -4.52. The van der Waals surface area contributed by atoms with Gasteiger partial charge in [-0.3, -0.25) is 4.79 Å². The van der Waals surface area contributed by atoms with E-state index in [0.717, 1.165) is 12.0 Å². The van der Waals surface area contributed by atoms with E-state index < -0.39 is 23.7 Å². The van der Waals surface area contributed by atoms with Crippen LogP contribution in [0.5, 0.6) is 0 Å². The first kappa shape index (κ1) is 27.8. The number of anilines is 1. The quantitative estimate of drug-likeness (QED) is 0.257. The van der Waals surface area contributed by atoms with Crippen molar-refractivity contribution < 1.29 is 18.0 Å². The lowest BCUT2D eigenvalue weighted by Crippen LogP contribution is -2.14. The van der Waals surface area contributed by atoms with Gasteiger partial charge >= 0.3 is 6.18 Å². The number of amides is 1. The predicted molar refractivity (Wildman–Crippen MR) is 148 cm³/mol. The molecule has 5 nitrogen and oxygen atoms in total. The standard InChI is InChI=1S/C30H23Cl2F3N4O/c1-17-14-23(24(16-36)18-6-10-20(31)11-7-18)25(32)15-26(17)37-29(40)19-8-12-21(13-9-19)39-27-5-3-2-4-22(27)28(38-39)30(33,34)35/h6-15,24H,2-5H2,1H3,(H,37,40). The molecule has 1 atom stereocenters. The van der Waals surface area contributed by atoms with Crippen LogP contribution < -0.4 is 5.32 Å². The normalized spacial score (nSPS) is 13.8. The Morgan fingerprint density at radius 3 is 2.38 bits per heavy atom. The molecule has 0 aliphatic heterocycles. The van der Waals surface area contributed by atoms with Gasteiger partial charge in [-0.05, 0) is 91.8 Å². The number of hydrogen-bond acceptors (Lipinski definition) is 3. The Hall–Kier alpha value is -3.80. The van der Waals surface area contributed by atoms with Gasteiger partial charge in [-0.25, -0.2) is 4.68 Å². The molecule has 1 aliphatic rings. The van der Waals surface area contributed by atoms with E-state index in [0.29, 0.717) is 63.1 Å². The highest BCUT2D eigenvalue weighted by atomic mass is 35.5. The molecule has 1 aliphatic carbocycles. The van der Waals surface area contributed by atoms with Crippen LogP contribution in [0.25, 0.3) is 5.69 Å². The van der Waals surface area contributed by atoms with Crippen molar-refractivity contribution in [1.82, 2.24) is 9.78 Å². The first-order chi connectivity index (χ1) is 19.1. The molecule has 1 N–H and O–H groups in total. The summed E-state index contributed by atoms with van der Waals surface area (Å²) < 4.78 is 42.1. The number of aromatic nitrogens is 2. The molecule has 0 radical (unpaired) electrons. The molecule has 10 heteroatoms.